The molecule has 3 rings (SSSR count). The largest absolute Gasteiger partial charge is 0.416 e. The van der Waals surface area contributed by atoms with Crippen LogP contribution >= 0.6 is 11.8 Å². The van der Waals surface area contributed by atoms with Gasteiger partial charge in [-0.05, 0) is 24.6 Å². The van der Waals surface area contributed by atoms with Gasteiger partial charge in [-0.2, -0.15) is 13.2 Å². The van der Waals surface area contributed by atoms with Crippen LogP contribution in [0.25, 0.3) is 11.2 Å². The first-order chi connectivity index (χ1) is 11.0. The highest BCUT2D eigenvalue weighted by Gasteiger charge is 2.29. The minimum atomic E-state index is -4.32. The molecule has 0 radical (unpaired) electrons. The highest BCUT2D eigenvalue weighted by molar-refractivity contribution is 7.98. The van der Waals surface area contributed by atoms with Crippen LogP contribution in [-0.4, -0.2) is 25.0 Å². The van der Waals surface area contributed by atoms with E-state index >= 15 is 0 Å². The van der Waals surface area contributed by atoms with Crippen molar-refractivity contribution in [2.75, 3.05) is 0 Å². The van der Waals surface area contributed by atoms with Gasteiger partial charge in [0.1, 0.15) is 11.4 Å². The molecule has 0 aliphatic rings. The van der Waals surface area contributed by atoms with Gasteiger partial charge in [0.2, 0.25) is 0 Å². The molecule has 0 atom stereocenters. The average Bonchev–Trinajstić information content (AvgIpc) is 2.96. The number of halogens is 3. The van der Waals surface area contributed by atoms with Gasteiger partial charge in [-0.1, -0.05) is 29.1 Å². The average molecular weight is 339 g/mol. The SMILES string of the molecule is CCn1nnc2c(SCc3ccc(C(F)(F)F)cc3)ncnc21. The van der Waals surface area contributed by atoms with Crippen LogP contribution < -0.4 is 0 Å². The topological polar surface area (TPSA) is 56.5 Å². The molecule has 0 saturated carbocycles. The van der Waals surface area contributed by atoms with E-state index in [1.54, 1.807) is 4.68 Å². The van der Waals surface area contributed by atoms with Crippen molar-refractivity contribution in [1.29, 1.82) is 0 Å². The van der Waals surface area contributed by atoms with Crippen molar-refractivity contribution in [3.05, 3.63) is 41.7 Å². The number of hydrogen-bond acceptors (Lipinski definition) is 5. The first-order valence-electron chi connectivity index (χ1n) is 6.82. The highest BCUT2D eigenvalue weighted by Crippen LogP contribution is 2.30. The van der Waals surface area contributed by atoms with Gasteiger partial charge in [-0.3, -0.25) is 0 Å². The molecule has 0 aliphatic heterocycles. The molecule has 0 bridgehead atoms. The number of benzene rings is 1. The summed E-state index contributed by atoms with van der Waals surface area (Å²) in [5, 5.41) is 8.72. The van der Waals surface area contributed by atoms with Gasteiger partial charge in [-0.15, -0.1) is 5.10 Å². The van der Waals surface area contributed by atoms with Crippen LogP contribution in [0.3, 0.4) is 0 Å². The molecule has 1 aromatic carbocycles. The Kier molecular flexibility index (Phi) is 4.20. The third kappa shape index (κ3) is 3.29. The number of rotatable bonds is 4. The molecule has 0 saturated heterocycles. The molecule has 0 aliphatic carbocycles. The Morgan fingerprint density at radius 2 is 1.87 bits per heavy atom. The van der Waals surface area contributed by atoms with Crippen LogP contribution in [0.15, 0.2) is 35.6 Å². The number of nitrogens with zero attached hydrogens (tertiary/aromatic N) is 5. The molecule has 2 aromatic heterocycles. The van der Waals surface area contributed by atoms with Crippen LogP contribution in [0.2, 0.25) is 0 Å². The van der Waals surface area contributed by atoms with Crippen LogP contribution in [0.5, 0.6) is 0 Å². The van der Waals surface area contributed by atoms with E-state index in [4.69, 9.17) is 0 Å². The molecule has 0 N–H and O–H groups in total. The highest BCUT2D eigenvalue weighted by atomic mass is 32.2. The molecule has 0 amide bonds. The Hall–Kier alpha value is -2.16. The van der Waals surface area contributed by atoms with E-state index in [-0.39, 0.29) is 0 Å². The van der Waals surface area contributed by atoms with Crippen LogP contribution in [0.1, 0.15) is 18.1 Å². The first-order valence-corrected chi connectivity index (χ1v) is 7.80. The number of aromatic nitrogens is 5. The standard InChI is InChI=1S/C14H12F3N5S/c1-2-22-12-11(20-21-22)13(19-8-18-12)23-7-9-3-5-10(6-4-9)14(15,16)17/h3-6,8H,2,7H2,1H3. The Morgan fingerprint density at radius 3 is 2.52 bits per heavy atom. The van der Waals surface area contributed by atoms with Crippen molar-refractivity contribution in [2.45, 2.75) is 30.4 Å². The van der Waals surface area contributed by atoms with Crippen molar-refractivity contribution in [3.63, 3.8) is 0 Å². The van der Waals surface area contributed by atoms with E-state index in [1.165, 1.54) is 30.2 Å². The lowest BCUT2D eigenvalue weighted by Gasteiger charge is -2.07. The van der Waals surface area contributed by atoms with Gasteiger partial charge in [0.15, 0.2) is 11.2 Å². The maximum Gasteiger partial charge on any atom is 0.416 e. The van der Waals surface area contributed by atoms with E-state index < -0.39 is 11.7 Å². The van der Waals surface area contributed by atoms with Crippen molar-refractivity contribution >= 4 is 22.9 Å². The number of alkyl halides is 3. The molecule has 0 spiro atoms. The summed E-state index contributed by atoms with van der Waals surface area (Å²) in [6, 6.07) is 5.10. The second-order valence-electron chi connectivity index (χ2n) is 4.74. The summed E-state index contributed by atoms with van der Waals surface area (Å²) in [7, 11) is 0. The Balaban J connectivity index is 1.77. The van der Waals surface area contributed by atoms with Crippen molar-refractivity contribution in [1.82, 2.24) is 25.0 Å². The monoisotopic (exact) mass is 339 g/mol. The van der Waals surface area contributed by atoms with E-state index in [0.29, 0.717) is 28.5 Å². The number of thioether (sulfide) groups is 1. The molecule has 0 unspecified atom stereocenters. The molecule has 9 heteroatoms. The van der Waals surface area contributed by atoms with Crippen molar-refractivity contribution < 1.29 is 13.2 Å². The first kappa shape index (κ1) is 15.7. The quantitative estimate of drug-likeness (QED) is 0.537. The predicted octanol–water partition coefficient (Wildman–Crippen LogP) is 3.55. The van der Waals surface area contributed by atoms with Crippen molar-refractivity contribution in [2.24, 2.45) is 0 Å². The summed E-state index contributed by atoms with van der Waals surface area (Å²) in [6.07, 6.45) is -2.88. The lowest BCUT2D eigenvalue weighted by molar-refractivity contribution is -0.137. The lowest BCUT2D eigenvalue weighted by Crippen LogP contribution is -2.04. The fourth-order valence-corrected chi connectivity index (χ4v) is 2.92. The Morgan fingerprint density at radius 1 is 1.13 bits per heavy atom. The van der Waals surface area contributed by atoms with Crippen LogP contribution in [0.4, 0.5) is 13.2 Å². The molecule has 0 fully saturated rings. The second-order valence-corrected chi connectivity index (χ2v) is 5.70. The minimum absolute atomic E-state index is 0.489. The van der Waals surface area contributed by atoms with Crippen LogP contribution in [0, 0.1) is 0 Å². The molecular weight excluding hydrogens is 327 g/mol. The fraction of sp³-hybridized carbons (Fsp3) is 0.286. The maximum absolute atomic E-state index is 12.5. The molecule has 23 heavy (non-hydrogen) atoms. The van der Waals surface area contributed by atoms with Gasteiger partial charge in [0.05, 0.1) is 5.56 Å². The number of aryl methyl sites for hydroxylation is 1. The van der Waals surface area contributed by atoms with Crippen LogP contribution in [-0.2, 0) is 18.5 Å². The maximum atomic E-state index is 12.5. The molecule has 5 nitrogen and oxygen atoms in total. The molecule has 3 aromatic rings. The summed E-state index contributed by atoms with van der Waals surface area (Å²) in [4.78, 5) is 8.34. The third-order valence-corrected chi connectivity index (χ3v) is 4.27. The normalized spacial score (nSPS) is 12.0. The van der Waals surface area contributed by atoms with E-state index in [9.17, 15) is 13.2 Å². The Labute approximate surface area is 133 Å². The molecule has 120 valence electrons. The summed E-state index contributed by atoms with van der Waals surface area (Å²) < 4.78 is 39.3. The van der Waals surface area contributed by atoms with E-state index in [0.717, 1.165) is 17.7 Å². The van der Waals surface area contributed by atoms with Gasteiger partial charge < -0.3 is 0 Å². The van der Waals surface area contributed by atoms with Gasteiger partial charge in [0, 0.05) is 12.3 Å². The van der Waals surface area contributed by atoms with Gasteiger partial charge >= 0.3 is 6.18 Å². The van der Waals surface area contributed by atoms with Gasteiger partial charge in [0.25, 0.3) is 0 Å². The zero-order chi connectivity index (χ0) is 16.4. The summed E-state index contributed by atoms with van der Waals surface area (Å²) in [5.41, 5.74) is 1.38. The third-order valence-electron chi connectivity index (χ3n) is 3.22. The van der Waals surface area contributed by atoms with Crippen molar-refractivity contribution in [3.8, 4) is 0 Å². The van der Waals surface area contributed by atoms with E-state index in [2.05, 4.69) is 20.3 Å². The molecule has 2 heterocycles. The summed E-state index contributed by atoms with van der Waals surface area (Å²) in [6.45, 7) is 2.59. The minimum Gasteiger partial charge on any atom is -0.227 e. The van der Waals surface area contributed by atoms with Gasteiger partial charge in [-0.25, -0.2) is 14.6 Å². The number of hydrogen-bond donors (Lipinski definition) is 0. The smallest absolute Gasteiger partial charge is 0.227 e. The van der Waals surface area contributed by atoms with E-state index in [1.807, 2.05) is 6.92 Å². The number of fused-ring (bicyclic) bond motifs is 1. The fourth-order valence-electron chi connectivity index (χ4n) is 2.03. The summed E-state index contributed by atoms with van der Waals surface area (Å²) >= 11 is 1.39. The Bertz CT molecular complexity index is 813. The summed E-state index contributed by atoms with van der Waals surface area (Å²) in [5.74, 6) is 0.489. The molecular formula is C14H12F3N5S. The zero-order valence-corrected chi connectivity index (χ0v) is 12.9. The lowest BCUT2D eigenvalue weighted by atomic mass is 10.1. The predicted molar refractivity (Wildman–Crippen MR) is 79.8 cm³/mol. The zero-order valence-electron chi connectivity index (χ0n) is 12.1. The second kappa shape index (κ2) is 6.15.